The van der Waals surface area contributed by atoms with Gasteiger partial charge >= 0.3 is 0 Å². The highest BCUT2D eigenvalue weighted by molar-refractivity contribution is 7.99. The lowest BCUT2D eigenvalue weighted by Crippen LogP contribution is -2.21. The Morgan fingerprint density at radius 3 is 2.39 bits per heavy atom. The van der Waals surface area contributed by atoms with Crippen molar-refractivity contribution in [2.24, 2.45) is 0 Å². The van der Waals surface area contributed by atoms with E-state index in [0.717, 1.165) is 55.7 Å². The Kier molecular flexibility index (Phi) is 5.64. The molecule has 0 unspecified atom stereocenters. The number of aromatic nitrogens is 2. The number of thioether (sulfide) groups is 1. The molecule has 4 rings (SSSR count). The molecule has 4 aromatic rings. The quantitative estimate of drug-likeness (QED) is 0.214. The summed E-state index contributed by atoms with van der Waals surface area (Å²) >= 11 is 3.27. The van der Waals surface area contributed by atoms with E-state index in [1.807, 2.05) is 48.5 Å². The molecule has 142 valence electrons. The molecule has 0 radical (unpaired) electrons. The molecule has 5 heteroatoms. The summed E-state index contributed by atoms with van der Waals surface area (Å²) in [5, 5.41) is 1.50. The summed E-state index contributed by atoms with van der Waals surface area (Å²) < 4.78 is 1.78. The lowest BCUT2D eigenvalue weighted by Gasteiger charge is -2.12. The maximum absolute atomic E-state index is 13.7. The van der Waals surface area contributed by atoms with Crippen molar-refractivity contribution in [2.45, 2.75) is 31.8 Å². The molecule has 2 heterocycles. The molecule has 0 bridgehead atoms. The molecule has 3 nitrogen and oxygen atoms in total. The van der Waals surface area contributed by atoms with Crippen molar-refractivity contribution in [1.82, 2.24) is 9.55 Å². The minimum Gasteiger partial charge on any atom is -0.268 e. The molecule has 0 atom stereocenters. The van der Waals surface area contributed by atoms with Gasteiger partial charge in [0.1, 0.15) is 4.83 Å². The van der Waals surface area contributed by atoms with Crippen LogP contribution < -0.4 is 5.56 Å². The van der Waals surface area contributed by atoms with E-state index < -0.39 is 0 Å². The summed E-state index contributed by atoms with van der Waals surface area (Å²) in [6.07, 6.45) is 2.23. The Morgan fingerprint density at radius 2 is 1.71 bits per heavy atom. The van der Waals surface area contributed by atoms with Gasteiger partial charge in [-0.25, -0.2) is 4.98 Å². The second-order valence-corrected chi connectivity index (χ2v) is 8.92. The van der Waals surface area contributed by atoms with Crippen LogP contribution in [0.2, 0.25) is 0 Å². The van der Waals surface area contributed by atoms with Gasteiger partial charge in [0.05, 0.1) is 11.1 Å². The van der Waals surface area contributed by atoms with Gasteiger partial charge < -0.3 is 0 Å². The van der Waals surface area contributed by atoms with Gasteiger partial charge in [-0.1, -0.05) is 73.6 Å². The Labute approximate surface area is 173 Å². The van der Waals surface area contributed by atoms with Gasteiger partial charge in [-0.15, -0.1) is 11.3 Å². The van der Waals surface area contributed by atoms with Crippen LogP contribution in [-0.2, 0) is 0 Å². The Bertz CT molecular complexity index is 1150. The monoisotopic (exact) mass is 406 g/mol. The van der Waals surface area contributed by atoms with E-state index in [1.54, 1.807) is 27.7 Å². The summed E-state index contributed by atoms with van der Waals surface area (Å²) in [5.41, 5.74) is 2.95. The van der Waals surface area contributed by atoms with Crippen molar-refractivity contribution in [3.8, 4) is 16.8 Å². The zero-order chi connectivity index (χ0) is 19.5. The van der Waals surface area contributed by atoms with Crippen LogP contribution in [-0.4, -0.2) is 15.3 Å². The van der Waals surface area contributed by atoms with Crippen molar-refractivity contribution < 1.29 is 0 Å². The van der Waals surface area contributed by atoms with E-state index in [9.17, 15) is 4.79 Å². The maximum atomic E-state index is 13.7. The van der Waals surface area contributed by atoms with Gasteiger partial charge in [0, 0.05) is 16.2 Å². The minimum atomic E-state index is 0.0124. The molecule has 2 aromatic carbocycles. The molecule has 28 heavy (non-hydrogen) atoms. The van der Waals surface area contributed by atoms with E-state index in [2.05, 4.69) is 26.0 Å². The first-order valence-corrected chi connectivity index (χ1v) is 11.3. The lowest BCUT2D eigenvalue weighted by molar-refractivity contribution is 0.817. The predicted molar refractivity (Wildman–Crippen MR) is 121 cm³/mol. The molecule has 0 N–H and O–H groups in total. The number of thiophene rings is 1. The van der Waals surface area contributed by atoms with Crippen LogP contribution in [0.15, 0.2) is 70.6 Å². The van der Waals surface area contributed by atoms with Gasteiger partial charge in [0.25, 0.3) is 5.56 Å². The summed E-state index contributed by atoms with van der Waals surface area (Å²) in [7, 11) is 0. The van der Waals surface area contributed by atoms with Crippen LogP contribution in [0.25, 0.3) is 27.0 Å². The number of rotatable bonds is 6. The number of para-hydroxylation sites is 1. The Morgan fingerprint density at radius 1 is 1.04 bits per heavy atom. The largest absolute Gasteiger partial charge is 0.268 e. The van der Waals surface area contributed by atoms with Crippen molar-refractivity contribution in [3.63, 3.8) is 0 Å². The van der Waals surface area contributed by atoms with Crippen molar-refractivity contribution in [2.75, 3.05) is 5.75 Å². The first-order chi connectivity index (χ1) is 13.7. The molecular weight excluding hydrogens is 384 g/mol. The highest BCUT2D eigenvalue weighted by Gasteiger charge is 2.20. The SMILES string of the molecule is CCCCSc1nc2sc(C)c(-c3ccccc3)c2c(=O)n1-c1ccccc1. The minimum absolute atomic E-state index is 0.0124. The molecule has 0 amide bonds. The molecule has 0 fully saturated rings. The second kappa shape index (κ2) is 8.33. The van der Waals surface area contributed by atoms with E-state index >= 15 is 0 Å². The first-order valence-electron chi connectivity index (χ1n) is 9.50. The molecule has 0 aliphatic carbocycles. The highest BCUT2D eigenvalue weighted by Crippen LogP contribution is 2.36. The van der Waals surface area contributed by atoms with Crippen LogP contribution in [0.1, 0.15) is 24.6 Å². The van der Waals surface area contributed by atoms with Gasteiger partial charge in [0.15, 0.2) is 5.16 Å². The molecule has 0 saturated carbocycles. The molecule has 0 spiro atoms. The molecule has 0 aliphatic rings. The molecular formula is C23H22N2OS2. The number of unbranched alkanes of at least 4 members (excludes halogenated alkanes) is 1. The molecule has 0 aliphatic heterocycles. The lowest BCUT2D eigenvalue weighted by atomic mass is 10.0. The van der Waals surface area contributed by atoms with E-state index in [1.165, 1.54) is 0 Å². The van der Waals surface area contributed by atoms with Gasteiger partial charge in [0.2, 0.25) is 0 Å². The molecule has 0 saturated heterocycles. The number of hydrogen-bond donors (Lipinski definition) is 0. The van der Waals surface area contributed by atoms with Crippen LogP contribution in [0.5, 0.6) is 0 Å². The summed E-state index contributed by atoms with van der Waals surface area (Å²) in [6, 6.07) is 20.0. The normalized spacial score (nSPS) is 11.2. The van der Waals surface area contributed by atoms with Crippen molar-refractivity contribution in [1.29, 1.82) is 0 Å². The topological polar surface area (TPSA) is 34.9 Å². The van der Waals surface area contributed by atoms with Crippen LogP contribution >= 0.6 is 23.1 Å². The fourth-order valence-electron chi connectivity index (χ4n) is 3.30. The highest BCUT2D eigenvalue weighted by atomic mass is 32.2. The average molecular weight is 407 g/mol. The predicted octanol–water partition coefficient (Wildman–Crippen LogP) is 6.31. The fraction of sp³-hybridized carbons (Fsp3) is 0.217. The number of aryl methyl sites for hydroxylation is 1. The molecule has 2 aromatic heterocycles. The maximum Gasteiger partial charge on any atom is 0.268 e. The van der Waals surface area contributed by atoms with Crippen molar-refractivity contribution in [3.05, 3.63) is 75.9 Å². The van der Waals surface area contributed by atoms with E-state index in [-0.39, 0.29) is 5.56 Å². The van der Waals surface area contributed by atoms with E-state index in [4.69, 9.17) is 4.98 Å². The first kappa shape index (κ1) is 19.0. The third kappa shape index (κ3) is 3.52. The number of benzene rings is 2. The number of fused-ring (bicyclic) bond motifs is 1. The van der Waals surface area contributed by atoms with Crippen LogP contribution in [0.3, 0.4) is 0 Å². The van der Waals surface area contributed by atoms with Crippen LogP contribution in [0, 0.1) is 6.92 Å². The van der Waals surface area contributed by atoms with Gasteiger partial charge in [-0.2, -0.15) is 0 Å². The van der Waals surface area contributed by atoms with E-state index in [0.29, 0.717) is 0 Å². The zero-order valence-electron chi connectivity index (χ0n) is 16.0. The summed E-state index contributed by atoms with van der Waals surface area (Å²) in [6.45, 7) is 4.25. The van der Waals surface area contributed by atoms with Gasteiger partial charge in [-0.3, -0.25) is 9.36 Å². The smallest absolute Gasteiger partial charge is 0.268 e. The summed E-state index contributed by atoms with van der Waals surface area (Å²) in [4.78, 5) is 20.6. The third-order valence-corrected chi connectivity index (χ3v) is 6.70. The fourth-order valence-corrected chi connectivity index (χ4v) is 5.49. The average Bonchev–Trinajstić information content (AvgIpc) is 3.06. The Balaban J connectivity index is 1.99. The number of hydrogen-bond acceptors (Lipinski definition) is 4. The van der Waals surface area contributed by atoms with Crippen molar-refractivity contribution >= 4 is 33.3 Å². The van der Waals surface area contributed by atoms with Gasteiger partial charge in [-0.05, 0) is 31.0 Å². The van der Waals surface area contributed by atoms with Crippen LogP contribution in [0.4, 0.5) is 0 Å². The zero-order valence-corrected chi connectivity index (χ0v) is 17.6. The third-order valence-electron chi connectivity index (χ3n) is 4.68. The number of nitrogens with zero attached hydrogens (tertiary/aromatic N) is 2. The standard InChI is InChI=1S/C23H22N2OS2/c1-3-4-15-27-23-24-21-20(22(26)25(23)18-13-9-6-10-14-18)19(16(2)28-21)17-11-7-5-8-12-17/h5-14H,3-4,15H2,1-2H3. The Hall–Kier alpha value is -2.37. The second-order valence-electron chi connectivity index (χ2n) is 6.65. The summed E-state index contributed by atoms with van der Waals surface area (Å²) in [5.74, 6) is 0.956.